The number of Topliss-reactive ketones (excluding diaryl/α,β-unsaturated/α-hetero) is 1. The molecule has 172 valence electrons. The van der Waals surface area contributed by atoms with Crippen LogP contribution in [0, 0.1) is 0 Å². The summed E-state index contributed by atoms with van der Waals surface area (Å²) < 4.78 is 16.6. The van der Waals surface area contributed by atoms with E-state index in [1.807, 2.05) is 0 Å². The van der Waals surface area contributed by atoms with Gasteiger partial charge in [0.1, 0.15) is 53.3 Å². The lowest BCUT2D eigenvalue weighted by Crippen LogP contribution is -2.60. The fourth-order valence-electron chi connectivity index (χ4n) is 3.71. The normalized spacial score (nSPS) is 29.8. The summed E-state index contributed by atoms with van der Waals surface area (Å²) in [6, 6.07) is 6.37. The summed E-state index contributed by atoms with van der Waals surface area (Å²) >= 11 is 0. The number of phenolic OH excluding ortho intramolecular Hbond substituents is 3. The Morgan fingerprint density at radius 1 is 0.938 bits per heavy atom. The predicted octanol–water partition coefficient (Wildman–Crippen LogP) is -0.311. The number of aromatic hydroxyl groups is 3. The summed E-state index contributed by atoms with van der Waals surface area (Å²) in [5.41, 5.74) is 0.337. The minimum atomic E-state index is -1.67. The van der Waals surface area contributed by atoms with E-state index in [0.717, 1.165) is 6.07 Å². The Kier molecular flexibility index (Phi) is 5.84. The molecule has 0 bridgehead atoms. The molecule has 0 spiro atoms. The van der Waals surface area contributed by atoms with Crippen molar-refractivity contribution in [3.63, 3.8) is 0 Å². The van der Waals surface area contributed by atoms with Crippen molar-refractivity contribution in [2.24, 2.45) is 0 Å². The Balaban J connectivity index is 1.60. The summed E-state index contributed by atoms with van der Waals surface area (Å²) in [5.74, 6) is -1.69. The van der Waals surface area contributed by atoms with Crippen LogP contribution in [-0.4, -0.2) is 78.8 Å². The van der Waals surface area contributed by atoms with Crippen molar-refractivity contribution >= 4 is 5.78 Å². The first kappa shape index (κ1) is 22.1. The number of phenols is 3. The van der Waals surface area contributed by atoms with Crippen molar-refractivity contribution in [2.45, 2.75) is 43.2 Å². The maximum Gasteiger partial charge on any atom is 0.229 e. The zero-order valence-electron chi connectivity index (χ0n) is 16.5. The molecule has 2 aliphatic rings. The fourth-order valence-corrected chi connectivity index (χ4v) is 3.71. The third-order valence-corrected chi connectivity index (χ3v) is 5.45. The number of carbonyl (C=O) groups excluding carboxylic acids is 1. The van der Waals surface area contributed by atoms with Crippen molar-refractivity contribution in [3.05, 3.63) is 41.5 Å². The number of benzene rings is 2. The van der Waals surface area contributed by atoms with Gasteiger partial charge < -0.3 is 50.0 Å². The van der Waals surface area contributed by atoms with Crippen molar-refractivity contribution in [2.75, 3.05) is 6.61 Å². The second-order valence-corrected chi connectivity index (χ2v) is 7.61. The van der Waals surface area contributed by atoms with Gasteiger partial charge in [0.2, 0.25) is 6.29 Å². The quantitative estimate of drug-likeness (QED) is 0.303. The van der Waals surface area contributed by atoms with Crippen LogP contribution in [0.5, 0.6) is 28.7 Å². The van der Waals surface area contributed by atoms with E-state index in [0.29, 0.717) is 5.56 Å². The molecule has 1 fully saturated rings. The van der Waals surface area contributed by atoms with Gasteiger partial charge in [-0.15, -0.1) is 0 Å². The lowest BCUT2D eigenvalue weighted by atomic mass is 9.95. The van der Waals surface area contributed by atoms with Gasteiger partial charge in [0.25, 0.3) is 0 Å². The summed E-state index contributed by atoms with van der Waals surface area (Å²) in [5, 5.41) is 68.8. The summed E-state index contributed by atoms with van der Waals surface area (Å²) in [6.07, 6.45) is -8.50. The van der Waals surface area contributed by atoms with Crippen LogP contribution < -0.4 is 9.47 Å². The van der Waals surface area contributed by atoms with Crippen LogP contribution in [0.1, 0.15) is 28.4 Å². The van der Waals surface area contributed by atoms with Crippen LogP contribution in [-0.2, 0) is 4.74 Å². The Morgan fingerprint density at radius 3 is 2.38 bits per heavy atom. The lowest BCUT2D eigenvalue weighted by Gasteiger charge is -2.39. The van der Waals surface area contributed by atoms with Crippen LogP contribution in [0.3, 0.4) is 0 Å². The largest absolute Gasteiger partial charge is 0.507 e. The monoisotopic (exact) mass is 450 g/mol. The molecule has 1 saturated heterocycles. The minimum Gasteiger partial charge on any atom is -0.507 e. The highest BCUT2D eigenvalue weighted by Crippen LogP contribution is 2.43. The molecule has 6 atom stereocenters. The van der Waals surface area contributed by atoms with Crippen LogP contribution in [0.15, 0.2) is 30.3 Å². The molecule has 2 aromatic carbocycles. The summed E-state index contributed by atoms with van der Waals surface area (Å²) in [4.78, 5) is 12.6. The molecule has 2 aromatic rings. The lowest BCUT2D eigenvalue weighted by molar-refractivity contribution is -0.277. The van der Waals surface area contributed by atoms with E-state index in [9.17, 15) is 40.5 Å². The van der Waals surface area contributed by atoms with Crippen molar-refractivity contribution in [1.82, 2.24) is 0 Å². The molecule has 2 aliphatic heterocycles. The smallest absolute Gasteiger partial charge is 0.229 e. The van der Waals surface area contributed by atoms with Gasteiger partial charge in [-0.05, 0) is 17.7 Å². The van der Waals surface area contributed by atoms with Crippen molar-refractivity contribution in [1.29, 1.82) is 0 Å². The molecule has 0 amide bonds. The first-order chi connectivity index (χ1) is 15.2. The predicted molar refractivity (Wildman–Crippen MR) is 105 cm³/mol. The Labute approximate surface area is 181 Å². The maximum absolute atomic E-state index is 12.6. The highest BCUT2D eigenvalue weighted by atomic mass is 16.7. The second-order valence-electron chi connectivity index (χ2n) is 7.61. The standard InChI is InChI=1S/C21H22O11/c22-7-16-18(27)19(28)20(29)21(32-16)30-9-4-12(25)17-13(26)6-14(31-15(17)5-9)8-1-2-10(23)11(24)3-8/h1-5,14,16,18-25,27-29H,6-7H2/t14?,16-,18-,19+,20-,21?/m1/s1. The molecule has 2 unspecified atom stereocenters. The van der Waals surface area contributed by atoms with E-state index in [1.54, 1.807) is 0 Å². The molecule has 4 rings (SSSR count). The minimum absolute atomic E-state index is 0.0293. The van der Waals surface area contributed by atoms with Gasteiger partial charge in [0.15, 0.2) is 17.3 Å². The molecule has 7 N–H and O–H groups in total. The van der Waals surface area contributed by atoms with Gasteiger partial charge in [0.05, 0.1) is 13.0 Å². The molecule has 0 aliphatic carbocycles. The van der Waals surface area contributed by atoms with Gasteiger partial charge in [-0.2, -0.15) is 0 Å². The third-order valence-electron chi connectivity index (χ3n) is 5.45. The Bertz CT molecular complexity index is 1020. The topological polar surface area (TPSA) is 186 Å². The van der Waals surface area contributed by atoms with Crippen LogP contribution in [0.4, 0.5) is 0 Å². The van der Waals surface area contributed by atoms with Gasteiger partial charge in [-0.25, -0.2) is 0 Å². The highest BCUT2D eigenvalue weighted by molar-refractivity contribution is 6.02. The zero-order valence-corrected chi connectivity index (χ0v) is 16.5. The van der Waals surface area contributed by atoms with Crippen LogP contribution >= 0.6 is 0 Å². The number of rotatable bonds is 4. The molecule has 0 saturated carbocycles. The van der Waals surface area contributed by atoms with E-state index in [4.69, 9.17) is 14.2 Å². The molecule has 0 aromatic heterocycles. The summed E-state index contributed by atoms with van der Waals surface area (Å²) in [6.45, 7) is -0.640. The highest BCUT2D eigenvalue weighted by Gasteiger charge is 2.45. The number of hydrogen-bond donors (Lipinski definition) is 7. The number of aliphatic hydroxyl groups excluding tert-OH is 4. The van der Waals surface area contributed by atoms with Gasteiger partial charge in [0, 0.05) is 12.1 Å². The van der Waals surface area contributed by atoms with Gasteiger partial charge >= 0.3 is 0 Å². The zero-order chi connectivity index (χ0) is 23.2. The number of ketones is 1. The van der Waals surface area contributed by atoms with E-state index in [2.05, 4.69) is 0 Å². The number of carbonyl (C=O) groups is 1. The van der Waals surface area contributed by atoms with Crippen LogP contribution in [0.25, 0.3) is 0 Å². The van der Waals surface area contributed by atoms with E-state index >= 15 is 0 Å². The van der Waals surface area contributed by atoms with E-state index < -0.39 is 54.9 Å². The molecular weight excluding hydrogens is 428 g/mol. The maximum atomic E-state index is 12.6. The van der Waals surface area contributed by atoms with Crippen molar-refractivity contribution < 1.29 is 54.8 Å². The summed E-state index contributed by atoms with van der Waals surface area (Å²) in [7, 11) is 0. The number of ether oxygens (including phenoxy) is 3. The first-order valence-electron chi connectivity index (χ1n) is 9.75. The third kappa shape index (κ3) is 3.92. The Hall–Kier alpha value is -3.09. The molecule has 0 radical (unpaired) electrons. The van der Waals surface area contributed by atoms with E-state index in [1.165, 1.54) is 24.3 Å². The average Bonchev–Trinajstić information content (AvgIpc) is 2.75. The molecule has 11 nitrogen and oxygen atoms in total. The molecular formula is C21H22O11. The number of aliphatic hydroxyl groups is 4. The second kappa shape index (κ2) is 8.45. The van der Waals surface area contributed by atoms with Gasteiger partial charge in [-0.1, -0.05) is 6.07 Å². The van der Waals surface area contributed by atoms with Gasteiger partial charge in [-0.3, -0.25) is 4.79 Å². The SMILES string of the molecule is O=C1CC(c2ccc(O)c(O)c2)Oc2cc(OC3O[C@H](CO)[C@@H](O)[C@H](O)[C@H]3O)cc(O)c21. The van der Waals surface area contributed by atoms with E-state index in [-0.39, 0.29) is 35.0 Å². The molecule has 2 heterocycles. The fraction of sp³-hybridized carbons (Fsp3) is 0.381. The first-order valence-corrected chi connectivity index (χ1v) is 9.75. The average molecular weight is 450 g/mol. The number of hydrogen-bond acceptors (Lipinski definition) is 11. The molecule has 32 heavy (non-hydrogen) atoms. The molecule has 11 heteroatoms. The number of fused-ring (bicyclic) bond motifs is 1. The Morgan fingerprint density at radius 2 is 1.69 bits per heavy atom. The van der Waals surface area contributed by atoms with Crippen molar-refractivity contribution in [3.8, 4) is 28.7 Å². The van der Waals surface area contributed by atoms with Crippen LogP contribution in [0.2, 0.25) is 0 Å².